The van der Waals surface area contributed by atoms with Gasteiger partial charge < -0.3 is 9.64 Å². The monoisotopic (exact) mass is 338 g/mol. The maximum Gasteiger partial charge on any atom is 0.227 e. The molecule has 4 nitrogen and oxygen atoms in total. The van der Waals surface area contributed by atoms with Crippen molar-refractivity contribution in [2.45, 2.75) is 46.1 Å². The second-order valence-corrected chi connectivity index (χ2v) is 6.90. The van der Waals surface area contributed by atoms with Crippen LogP contribution in [0.25, 0.3) is 0 Å². The smallest absolute Gasteiger partial charge is 0.227 e. The number of para-hydroxylation sites is 1. The molecule has 0 atom stereocenters. The fourth-order valence-corrected chi connectivity index (χ4v) is 3.26. The van der Waals surface area contributed by atoms with Gasteiger partial charge in [0.2, 0.25) is 5.91 Å². The number of nitrogens with zero attached hydrogens (tertiary/aromatic N) is 2. The molecule has 1 aliphatic heterocycles. The normalized spacial score (nSPS) is 15.2. The average Bonchev–Trinajstić information content (AvgIpc) is 2.61. The average molecular weight is 338 g/mol. The van der Waals surface area contributed by atoms with Gasteiger partial charge in [-0.3, -0.25) is 9.78 Å². The Labute approximate surface area is 149 Å². The number of aryl methyl sites for hydroxylation is 3. The molecular weight excluding hydrogens is 312 g/mol. The van der Waals surface area contributed by atoms with Crippen molar-refractivity contribution in [2.24, 2.45) is 0 Å². The van der Waals surface area contributed by atoms with Crippen molar-refractivity contribution in [3.63, 3.8) is 0 Å². The number of ether oxygens (including phenoxy) is 1. The number of carbonyl (C=O) groups is 1. The molecule has 0 radical (unpaired) electrons. The summed E-state index contributed by atoms with van der Waals surface area (Å²) in [6, 6.07) is 10.1. The number of hydrogen-bond acceptors (Lipinski definition) is 3. The number of hydrogen-bond donors (Lipinski definition) is 0. The van der Waals surface area contributed by atoms with Gasteiger partial charge in [0.15, 0.2) is 0 Å². The summed E-state index contributed by atoms with van der Waals surface area (Å²) < 4.78 is 6.23. The first-order valence-corrected chi connectivity index (χ1v) is 8.95. The minimum atomic E-state index is 0.177. The SMILES string of the molecule is Cc1ccc(CC(=O)N2CCC(Oc3c(C)cccc3C)CC2)cn1. The van der Waals surface area contributed by atoms with E-state index in [0.29, 0.717) is 6.42 Å². The third-order valence-corrected chi connectivity index (χ3v) is 4.82. The van der Waals surface area contributed by atoms with E-state index in [4.69, 9.17) is 4.74 Å². The molecule has 1 aliphatic rings. The van der Waals surface area contributed by atoms with Crippen LogP contribution in [0.4, 0.5) is 0 Å². The molecular formula is C21H26N2O2. The van der Waals surface area contributed by atoms with Crippen molar-refractivity contribution < 1.29 is 9.53 Å². The summed E-state index contributed by atoms with van der Waals surface area (Å²) in [5.74, 6) is 1.18. The number of benzene rings is 1. The van der Waals surface area contributed by atoms with Gasteiger partial charge in [0.1, 0.15) is 11.9 Å². The summed E-state index contributed by atoms with van der Waals surface area (Å²) in [4.78, 5) is 18.7. The zero-order valence-electron chi connectivity index (χ0n) is 15.3. The van der Waals surface area contributed by atoms with Crippen LogP contribution in [0.2, 0.25) is 0 Å². The van der Waals surface area contributed by atoms with Gasteiger partial charge in [0, 0.05) is 37.8 Å². The molecule has 0 N–H and O–H groups in total. The Kier molecular flexibility index (Phi) is 5.37. The second kappa shape index (κ2) is 7.68. The number of likely N-dealkylation sites (tertiary alicyclic amines) is 1. The number of pyridine rings is 1. The van der Waals surface area contributed by atoms with Gasteiger partial charge in [-0.1, -0.05) is 24.3 Å². The van der Waals surface area contributed by atoms with E-state index >= 15 is 0 Å². The predicted octanol–water partition coefficient (Wildman–Crippen LogP) is 3.62. The van der Waals surface area contributed by atoms with Crippen molar-refractivity contribution in [2.75, 3.05) is 13.1 Å². The van der Waals surface area contributed by atoms with Crippen LogP contribution in [-0.4, -0.2) is 35.0 Å². The van der Waals surface area contributed by atoms with Crippen LogP contribution in [0.15, 0.2) is 36.5 Å². The topological polar surface area (TPSA) is 42.4 Å². The molecule has 1 aromatic heterocycles. The van der Waals surface area contributed by atoms with E-state index in [9.17, 15) is 4.79 Å². The second-order valence-electron chi connectivity index (χ2n) is 6.90. The van der Waals surface area contributed by atoms with Crippen LogP contribution < -0.4 is 4.74 Å². The Bertz CT molecular complexity index is 712. The van der Waals surface area contributed by atoms with Crippen LogP contribution in [-0.2, 0) is 11.2 Å². The van der Waals surface area contributed by atoms with Gasteiger partial charge in [-0.25, -0.2) is 0 Å². The highest BCUT2D eigenvalue weighted by molar-refractivity contribution is 5.78. The van der Waals surface area contributed by atoms with E-state index in [1.807, 2.05) is 24.0 Å². The quantitative estimate of drug-likeness (QED) is 0.855. The number of amides is 1. The Balaban J connectivity index is 1.53. The largest absolute Gasteiger partial charge is 0.490 e. The zero-order valence-corrected chi connectivity index (χ0v) is 15.3. The minimum absolute atomic E-state index is 0.177. The number of carbonyl (C=O) groups excluding carboxylic acids is 1. The molecule has 1 saturated heterocycles. The lowest BCUT2D eigenvalue weighted by molar-refractivity contribution is -0.132. The standard InChI is InChI=1S/C21H26N2O2/c1-15-5-4-6-16(2)21(15)25-19-9-11-23(12-10-19)20(24)13-18-8-7-17(3)22-14-18/h4-8,14,19H,9-13H2,1-3H3. The molecule has 0 saturated carbocycles. The Morgan fingerprint density at radius 3 is 2.40 bits per heavy atom. The van der Waals surface area contributed by atoms with Crippen LogP contribution >= 0.6 is 0 Å². The number of piperidine rings is 1. The molecule has 132 valence electrons. The molecule has 1 fully saturated rings. The lowest BCUT2D eigenvalue weighted by Gasteiger charge is -2.33. The van der Waals surface area contributed by atoms with Gasteiger partial charge in [0.05, 0.1) is 6.42 Å². The van der Waals surface area contributed by atoms with Crippen LogP contribution in [0, 0.1) is 20.8 Å². The molecule has 2 heterocycles. The van der Waals surface area contributed by atoms with Crippen LogP contribution in [0.5, 0.6) is 5.75 Å². The predicted molar refractivity (Wildman–Crippen MR) is 98.8 cm³/mol. The lowest BCUT2D eigenvalue weighted by atomic mass is 10.1. The maximum atomic E-state index is 12.5. The summed E-state index contributed by atoms with van der Waals surface area (Å²) in [7, 11) is 0. The highest BCUT2D eigenvalue weighted by Gasteiger charge is 2.24. The molecule has 1 aromatic carbocycles. The van der Waals surface area contributed by atoms with E-state index in [0.717, 1.165) is 42.9 Å². The molecule has 0 unspecified atom stereocenters. The molecule has 3 rings (SSSR count). The van der Waals surface area contributed by atoms with Gasteiger partial charge in [-0.15, -0.1) is 0 Å². The van der Waals surface area contributed by atoms with Crippen molar-refractivity contribution >= 4 is 5.91 Å². The van der Waals surface area contributed by atoms with Crippen molar-refractivity contribution in [1.29, 1.82) is 0 Å². The fraction of sp³-hybridized carbons (Fsp3) is 0.429. The fourth-order valence-electron chi connectivity index (χ4n) is 3.26. The maximum absolute atomic E-state index is 12.5. The van der Waals surface area contributed by atoms with Gasteiger partial charge in [0.25, 0.3) is 0 Å². The number of rotatable bonds is 4. The highest BCUT2D eigenvalue weighted by atomic mass is 16.5. The highest BCUT2D eigenvalue weighted by Crippen LogP contribution is 2.26. The Hall–Kier alpha value is -2.36. The van der Waals surface area contributed by atoms with Crippen molar-refractivity contribution in [1.82, 2.24) is 9.88 Å². The summed E-state index contributed by atoms with van der Waals surface area (Å²) in [5, 5.41) is 0. The minimum Gasteiger partial charge on any atom is -0.490 e. The third kappa shape index (κ3) is 4.38. The summed E-state index contributed by atoms with van der Waals surface area (Å²) in [6.07, 6.45) is 4.17. The van der Waals surface area contributed by atoms with E-state index in [1.165, 1.54) is 11.1 Å². The molecule has 4 heteroatoms. The lowest BCUT2D eigenvalue weighted by Crippen LogP contribution is -2.42. The first kappa shape index (κ1) is 17.5. The molecule has 0 bridgehead atoms. The van der Waals surface area contributed by atoms with Crippen molar-refractivity contribution in [3.8, 4) is 5.75 Å². The molecule has 1 amide bonds. The van der Waals surface area contributed by atoms with Crippen LogP contribution in [0.3, 0.4) is 0 Å². The third-order valence-electron chi connectivity index (χ3n) is 4.82. The molecule has 2 aromatic rings. The van der Waals surface area contributed by atoms with Crippen LogP contribution in [0.1, 0.15) is 35.2 Å². The molecule has 25 heavy (non-hydrogen) atoms. The van der Waals surface area contributed by atoms with Crippen molar-refractivity contribution in [3.05, 3.63) is 58.9 Å². The van der Waals surface area contributed by atoms with E-state index in [2.05, 4.69) is 37.0 Å². The van der Waals surface area contributed by atoms with E-state index in [1.54, 1.807) is 6.20 Å². The Morgan fingerprint density at radius 2 is 1.80 bits per heavy atom. The van der Waals surface area contributed by atoms with E-state index < -0.39 is 0 Å². The van der Waals surface area contributed by atoms with Gasteiger partial charge >= 0.3 is 0 Å². The Morgan fingerprint density at radius 1 is 1.12 bits per heavy atom. The molecule has 0 spiro atoms. The molecule has 0 aliphatic carbocycles. The summed E-state index contributed by atoms with van der Waals surface area (Å²) in [6.45, 7) is 7.63. The van der Waals surface area contributed by atoms with Gasteiger partial charge in [-0.2, -0.15) is 0 Å². The first-order chi connectivity index (χ1) is 12.0. The zero-order chi connectivity index (χ0) is 17.8. The summed E-state index contributed by atoms with van der Waals surface area (Å²) in [5.41, 5.74) is 4.29. The number of aromatic nitrogens is 1. The van der Waals surface area contributed by atoms with E-state index in [-0.39, 0.29) is 12.0 Å². The van der Waals surface area contributed by atoms with Gasteiger partial charge in [-0.05, 0) is 43.5 Å². The summed E-state index contributed by atoms with van der Waals surface area (Å²) >= 11 is 0. The first-order valence-electron chi connectivity index (χ1n) is 8.95.